The van der Waals surface area contributed by atoms with E-state index >= 15 is 0 Å². The second-order valence-corrected chi connectivity index (χ2v) is 4.41. The smallest absolute Gasteiger partial charge is 0.340 e. The van der Waals surface area contributed by atoms with Gasteiger partial charge in [-0.25, -0.2) is 9.18 Å². The standard InChI is InChI=1S/C13H16FNO3/c14-10-2-1-3-11(12(10)13(16)17)15-6-4-9-5-7-18-8-9/h1-3,9,15H,4-8H2,(H,16,17). The lowest BCUT2D eigenvalue weighted by Crippen LogP contribution is -2.12. The van der Waals surface area contributed by atoms with Gasteiger partial charge in [0.05, 0.1) is 5.69 Å². The van der Waals surface area contributed by atoms with E-state index in [9.17, 15) is 9.18 Å². The summed E-state index contributed by atoms with van der Waals surface area (Å²) in [6.45, 7) is 2.18. The maximum Gasteiger partial charge on any atom is 0.340 e. The third-order valence-electron chi connectivity index (χ3n) is 3.12. The Morgan fingerprint density at radius 1 is 1.56 bits per heavy atom. The Bertz CT molecular complexity index is 430. The van der Waals surface area contributed by atoms with E-state index in [4.69, 9.17) is 9.84 Å². The number of carboxylic acids is 1. The van der Waals surface area contributed by atoms with E-state index in [-0.39, 0.29) is 5.56 Å². The first kappa shape index (κ1) is 12.8. The second kappa shape index (κ2) is 5.82. The Morgan fingerprint density at radius 2 is 2.39 bits per heavy atom. The van der Waals surface area contributed by atoms with Gasteiger partial charge in [0.25, 0.3) is 0 Å². The van der Waals surface area contributed by atoms with Gasteiger partial charge in [0.1, 0.15) is 11.4 Å². The molecule has 1 aromatic rings. The zero-order chi connectivity index (χ0) is 13.0. The van der Waals surface area contributed by atoms with Crippen LogP contribution in [-0.4, -0.2) is 30.8 Å². The molecule has 5 heteroatoms. The van der Waals surface area contributed by atoms with Gasteiger partial charge < -0.3 is 15.2 Å². The number of anilines is 1. The molecule has 1 fully saturated rings. The van der Waals surface area contributed by atoms with Gasteiger partial charge >= 0.3 is 5.97 Å². The molecule has 18 heavy (non-hydrogen) atoms. The van der Waals surface area contributed by atoms with Crippen molar-refractivity contribution in [1.82, 2.24) is 0 Å². The number of halogens is 1. The van der Waals surface area contributed by atoms with Crippen molar-refractivity contribution in [2.75, 3.05) is 25.1 Å². The predicted octanol–water partition coefficient (Wildman–Crippen LogP) is 2.36. The van der Waals surface area contributed by atoms with E-state index < -0.39 is 11.8 Å². The fourth-order valence-corrected chi connectivity index (χ4v) is 2.11. The van der Waals surface area contributed by atoms with Crippen LogP contribution in [0, 0.1) is 11.7 Å². The number of hydrogen-bond donors (Lipinski definition) is 2. The number of rotatable bonds is 5. The molecule has 1 aliphatic heterocycles. The Balaban J connectivity index is 1.96. The van der Waals surface area contributed by atoms with Gasteiger partial charge in [-0.15, -0.1) is 0 Å². The van der Waals surface area contributed by atoms with Crippen LogP contribution in [0.5, 0.6) is 0 Å². The van der Waals surface area contributed by atoms with E-state index in [1.807, 2.05) is 0 Å². The summed E-state index contributed by atoms with van der Waals surface area (Å²) in [5, 5.41) is 11.9. The zero-order valence-electron chi connectivity index (χ0n) is 9.99. The van der Waals surface area contributed by atoms with Gasteiger partial charge in [-0.2, -0.15) is 0 Å². The minimum absolute atomic E-state index is 0.292. The fraction of sp³-hybridized carbons (Fsp3) is 0.462. The molecule has 0 radical (unpaired) electrons. The summed E-state index contributed by atoms with van der Waals surface area (Å²) in [5.41, 5.74) is 0.0431. The molecule has 1 atom stereocenters. The SMILES string of the molecule is O=C(O)c1c(F)cccc1NCCC1CCOC1. The van der Waals surface area contributed by atoms with Crippen LogP contribution in [0.2, 0.25) is 0 Å². The molecule has 0 aliphatic carbocycles. The topological polar surface area (TPSA) is 58.6 Å². The van der Waals surface area contributed by atoms with Crippen molar-refractivity contribution in [3.8, 4) is 0 Å². The molecule has 0 amide bonds. The third-order valence-corrected chi connectivity index (χ3v) is 3.12. The van der Waals surface area contributed by atoms with Crippen LogP contribution in [0.15, 0.2) is 18.2 Å². The Labute approximate surface area is 105 Å². The quantitative estimate of drug-likeness (QED) is 0.845. The number of carboxylic acid groups (broad SMARTS) is 1. The summed E-state index contributed by atoms with van der Waals surface area (Å²) in [6.07, 6.45) is 1.94. The molecule has 0 saturated carbocycles. The molecule has 2 rings (SSSR count). The monoisotopic (exact) mass is 253 g/mol. The van der Waals surface area contributed by atoms with Crippen molar-refractivity contribution >= 4 is 11.7 Å². The first-order valence-corrected chi connectivity index (χ1v) is 6.02. The summed E-state index contributed by atoms with van der Waals surface area (Å²) < 4.78 is 18.6. The van der Waals surface area contributed by atoms with Gasteiger partial charge in [0, 0.05) is 19.8 Å². The highest BCUT2D eigenvalue weighted by Crippen LogP contribution is 2.20. The number of nitrogens with one attached hydrogen (secondary N) is 1. The summed E-state index contributed by atoms with van der Waals surface area (Å²) in [5.74, 6) is -1.45. The molecule has 1 saturated heterocycles. The zero-order valence-corrected chi connectivity index (χ0v) is 9.99. The molecule has 98 valence electrons. The summed E-state index contributed by atoms with van der Waals surface area (Å²) in [4.78, 5) is 11.0. The highest BCUT2D eigenvalue weighted by atomic mass is 19.1. The van der Waals surface area contributed by atoms with Crippen molar-refractivity contribution in [1.29, 1.82) is 0 Å². The number of benzene rings is 1. The number of aromatic carboxylic acids is 1. The Morgan fingerprint density at radius 3 is 3.06 bits per heavy atom. The van der Waals surface area contributed by atoms with Crippen molar-refractivity contribution in [3.63, 3.8) is 0 Å². The van der Waals surface area contributed by atoms with Crippen molar-refractivity contribution in [2.45, 2.75) is 12.8 Å². The largest absolute Gasteiger partial charge is 0.478 e. The van der Waals surface area contributed by atoms with Crippen LogP contribution in [0.25, 0.3) is 0 Å². The lowest BCUT2D eigenvalue weighted by atomic mass is 10.1. The van der Waals surface area contributed by atoms with E-state index in [0.29, 0.717) is 18.2 Å². The molecular formula is C13H16FNO3. The van der Waals surface area contributed by atoms with Gasteiger partial charge in [0.15, 0.2) is 0 Å². The van der Waals surface area contributed by atoms with E-state index in [1.54, 1.807) is 6.07 Å². The normalized spacial score (nSPS) is 18.8. The van der Waals surface area contributed by atoms with Gasteiger partial charge in [-0.1, -0.05) is 6.07 Å². The molecular weight excluding hydrogens is 237 g/mol. The van der Waals surface area contributed by atoms with Crippen LogP contribution in [0.3, 0.4) is 0 Å². The van der Waals surface area contributed by atoms with Gasteiger partial charge in [-0.05, 0) is 30.9 Å². The third kappa shape index (κ3) is 2.98. The second-order valence-electron chi connectivity index (χ2n) is 4.41. The highest BCUT2D eigenvalue weighted by Gasteiger charge is 2.17. The molecule has 1 aliphatic rings. The molecule has 2 N–H and O–H groups in total. The molecule has 1 aromatic carbocycles. The molecule has 0 aromatic heterocycles. The van der Waals surface area contributed by atoms with E-state index in [0.717, 1.165) is 32.1 Å². The van der Waals surface area contributed by atoms with Gasteiger partial charge in [0.2, 0.25) is 0 Å². The predicted molar refractivity (Wildman–Crippen MR) is 65.4 cm³/mol. The Hall–Kier alpha value is -1.62. The van der Waals surface area contributed by atoms with Crippen molar-refractivity contribution < 1.29 is 19.0 Å². The van der Waals surface area contributed by atoms with E-state index in [2.05, 4.69) is 5.32 Å². The Kier molecular flexibility index (Phi) is 4.15. The summed E-state index contributed by atoms with van der Waals surface area (Å²) in [6, 6.07) is 4.24. The highest BCUT2D eigenvalue weighted by molar-refractivity contribution is 5.94. The van der Waals surface area contributed by atoms with Gasteiger partial charge in [-0.3, -0.25) is 0 Å². The summed E-state index contributed by atoms with van der Waals surface area (Å²) in [7, 11) is 0. The van der Waals surface area contributed by atoms with Crippen molar-refractivity contribution in [2.24, 2.45) is 5.92 Å². The van der Waals surface area contributed by atoms with Crippen LogP contribution in [-0.2, 0) is 4.74 Å². The van der Waals surface area contributed by atoms with Crippen LogP contribution < -0.4 is 5.32 Å². The lowest BCUT2D eigenvalue weighted by Gasteiger charge is -2.12. The van der Waals surface area contributed by atoms with E-state index in [1.165, 1.54) is 6.07 Å². The minimum atomic E-state index is -1.25. The maximum atomic E-state index is 13.4. The van der Waals surface area contributed by atoms with Crippen LogP contribution in [0.4, 0.5) is 10.1 Å². The van der Waals surface area contributed by atoms with Crippen LogP contribution in [0.1, 0.15) is 23.2 Å². The average molecular weight is 253 g/mol. The lowest BCUT2D eigenvalue weighted by molar-refractivity contribution is 0.0693. The average Bonchev–Trinajstić information content (AvgIpc) is 2.81. The number of hydrogen-bond acceptors (Lipinski definition) is 3. The number of carbonyl (C=O) groups is 1. The number of ether oxygens (including phenoxy) is 1. The first-order chi connectivity index (χ1) is 8.68. The fourth-order valence-electron chi connectivity index (χ4n) is 2.11. The molecule has 0 spiro atoms. The van der Waals surface area contributed by atoms with Crippen molar-refractivity contribution in [3.05, 3.63) is 29.6 Å². The first-order valence-electron chi connectivity index (χ1n) is 6.02. The minimum Gasteiger partial charge on any atom is -0.478 e. The van der Waals surface area contributed by atoms with Crippen LogP contribution >= 0.6 is 0 Å². The molecule has 1 unspecified atom stereocenters. The summed E-state index contributed by atoms with van der Waals surface area (Å²) >= 11 is 0. The molecule has 4 nitrogen and oxygen atoms in total. The molecule has 1 heterocycles. The molecule has 0 bridgehead atoms. The maximum absolute atomic E-state index is 13.4.